The zero-order valence-corrected chi connectivity index (χ0v) is 25.8. The number of carbonyl (C=O) groups is 1. The van der Waals surface area contributed by atoms with Crippen molar-refractivity contribution in [2.24, 2.45) is 5.73 Å². The first-order chi connectivity index (χ1) is 21.8. The third-order valence-corrected chi connectivity index (χ3v) is 5.77. The van der Waals surface area contributed by atoms with Gasteiger partial charge in [-0.15, -0.1) is 0 Å². The predicted molar refractivity (Wildman–Crippen MR) is 167 cm³/mol. The number of Topliss-reactive ketones (excluding diaryl/α,β-unsaturated/α-hetero) is 1. The van der Waals surface area contributed by atoms with E-state index < -0.39 is 0 Å². The molecule has 0 fully saturated rings. The summed E-state index contributed by atoms with van der Waals surface area (Å²) in [5.74, 6) is 0.781. The normalized spacial score (nSPS) is 11.1. The fourth-order valence-corrected chi connectivity index (χ4v) is 3.52. The second-order valence-electron chi connectivity index (χ2n) is 9.20. The highest BCUT2D eigenvalue weighted by Crippen LogP contribution is 2.15. The molecule has 0 saturated heterocycles. The number of hydrogen-bond donors (Lipinski definition) is 2. The number of hydrogen-bond acceptors (Lipinski definition) is 12. The van der Waals surface area contributed by atoms with Gasteiger partial charge in [-0.25, -0.2) is 0 Å². The Hall–Kier alpha value is -2.65. The topological polar surface area (TPSA) is 138 Å². The van der Waals surface area contributed by atoms with Gasteiger partial charge in [-0.3, -0.25) is 4.79 Å². The zero-order valence-electron chi connectivity index (χ0n) is 25.8. The molecule has 12 heteroatoms. The monoisotopic (exact) mass is 622 g/mol. The Morgan fingerprint density at radius 3 is 1.30 bits per heavy atom. The van der Waals surface area contributed by atoms with Gasteiger partial charge in [-0.2, -0.15) is 0 Å². The summed E-state index contributed by atoms with van der Waals surface area (Å²) in [6, 6.07) is 16.7. The van der Waals surface area contributed by atoms with Crippen LogP contribution in [0.25, 0.3) is 0 Å². The van der Waals surface area contributed by atoms with E-state index in [1.165, 1.54) is 0 Å². The lowest BCUT2D eigenvalue weighted by Gasteiger charge is -2.10. The molecule has 0 aliphatic carbocycles. The standard InChI is InChI=1S/C32H50N2O10/c33-10-11-36-12-13-37-14-15-38-16-17-39-18-19-40-20-21-41-22-23-42-24-25-43-26-27-44-31-8-6-30(7-9-31)34-28-32(35)29-4-2-1-3-5-29/h1-9,34H,10-28,33H2. The van der Waals surface area contributed by atoms with E-state index in [4.69, 9.17) is 48.4 Å². The summed E-state index contributed by atoms with van der Waals surface area (Å²) in [5, 5.41) is 3.13. The SMILES string of the molecule is NCCOCCOCCOCCOCCOCCOCCOCCOCCOc1ccc(NCC(=O)c2ccccc2)cc1. The van der Waals surface area contributed by atoms with Gasteiger partial charge >= 0.3 is 0 Å². The molecule has 12 nitrogen and oxygen atoms in total. The van der Waals surface area contributed by atoms with Gasteiger partial charge in [0.1, 0.15) is 12.4 Å². The summed E-state index contributed by atoms with van der Waals surface area (Å²) in [6.07, 6.45) is 0. The molecule has 0 bridgehead atoms. The highest BCUT2D eigenvalue weighted by atomic mass is 16.6. The highest BCUT2D eigenvalue weighted by molar-refractivity contribution is 5.98. The first kappa shape index (κ1) is 37.5. The first-order valence-electron chi connectivity index (χ1n) is 15.2. The van der Waals surface area contributed by atoms with Gasteiger partial charge in [0.2, 0.25) is 0 Å². The van der Waals surface area contributed by atoms with E-state index in [1.54, 1.807) is 0 Å². The van der Waals surface area contributed by atoms with Crippen LogP contribution in [-0.2, 0) is 37.9 Å². The summed E-state index contributed by atoms with van der Waals surface area (Å²) >= 11 is 0. The van der Waals surface area contributed by atoms with Crippen LogP contribution < -0.4 is 15.8 Å². The molecule has 2 aromatic rings. The van der Waals surface area contributed by atoms with Crippen molar-refractivity contribution in [3.05, 3.63) is 60.2 Å². The maximum Gasteiger partial charge on any atom is 0.181 e. The maximum absolute atomic E-state index is 12.2. The first-order valence-corrected chi connectivity index (χ1v) is 15.2. The molecule has 0 radical (unpaired) electrons. The Morgan fingerprint density at radius 1 is 0.500 bits per heavy atom. The average Bonchev–Trinajstić information content (AvgIpc) is 3.06. The van der Waals surface area contributed by atoms with Gasteiger partial charge in [0, 0.05) is 17.8 Å². The Kier molecular flexibility index (Phi) is 23.8. The Bertz CT molecular complexity index is 921. The lowest BCUT2D eigenvalue weighted by atomic mass is 10.1. The van der Waals surface area contributed by atoms with Crippen molar-refractivity contribution >= 4 is 11.5 Å². The number of ketones is 1. The summed E-state index contributed by atoms with van der Waals surface area (Å²) in [7, 11) is 0. The predicted octanol–water partition coefficient (Wildman–Crippen LogP) is 2.45. The molecule has 3 N–H and O–H groups in total. The van der Waals surface area contributed by atoms with Crippen LogP contribution in [0.1, 0.15) is 10.4 Å². The molecule has 248 valence electrons. The Labute approximate surface area is 261 Å². The highest BCUT2D eigenvalue weighted by Gasteiger charge is 2.04. The molecule has 0 aliphatic rings. The summed E-state index contributed by atoms with van der Waals surface area (Å²) in [6.45, 7) is 9.36. The summed E-state index contributed by atoms with van der Waals surface area (Å²) in [4.78, 5) is 12.2. The van der Waals surface area contributed by atoms with Crippen molar-refractivity contribution < 1.29 is 47.4 Å². The molecule has 2 rings (SSSR count). The van der Waals surface area contributed by atoms with Gasteiger partial charge in [-0.1, -0.05) is 30.3 Å². The van der Waals surface area contributed by atoms with Crippen molar-refractivity contribution in [1.29, 1.82) is 0 Å². The van der Waals surface area contributed by atoms with Crippen molar-refractivity contribution in [1.82, 2.24) is 0 Å². The fraction of sp³-hybridized carbons (Fsp3) is 0.594. The number of nitrogens with two attached hydrogens (primary N) is 1. The van der Waals surface area contributed by atoms with E-state index in [9.17, 15) is 4.79 Å². The van der Waals surface area contributed by atoms with Gasteiger partial charge < -0.3 is 53.7 Å². The molecule has 0 heterocycles. The molecule has 0 aromatic heterocycles. The molecule has 0 amide bonds. The minimum absolute atomic E-state index is 0.0426. The molecule has 0 unspecified atom stereocenters. The van der Waals surface area contributed by atoms with Crippen molar-refractivity contribution in [3.63, 3.8) is 0 Å². The molecular formula is C32H50N2O10. The van der Waals surface area contributed by atoms with Gasteiger partial charge in [0.25, 0.3) is 0 Å². The van der Waals surface area contributed by atoms with Crippen LogP contribution in [0.3, 0.4) is 0 Å². The van der Waals surface area contributed by atoms with E-state index in [1.807, 2.05) is 54.6 Å². The van der Waals surface area contributed by atoms with Gasteiger partial charge in [0.05, 0.1) is 112 Å². The molecule has 0 atom stereocenters. The largest absolute Gasteiger partial charge is 0.491 e. The molecule has 2 aromatic carbocycles. The molecular weight excluding hydrogens is 572 g/mol. The second-order valence-corrected chi connectivity index (χ2v) is 9.20. The van der Waals surface area contributed by atoms with Crippen molar-refractivity contribution in [2.75, 3.05) is 131 Å². The molecule has 0 spiro atoms. The fourth-order valence-electron chi connectivity index (χ4n) is 3.52. The number of benzene rings is 2. The quantitative estimate of drug-likeness (QED) is 0.0944. The lowest BCUT2D eigenvalue weighted by Crippen LogP contribution is -2.15. The summed E-state index contributed by atoms with van der Waals surface area (Å²) < 4.78 is 49.1. The van der Waals surface area contributed by atoms with Crippen LogP contribution >= 0.6 is 0 Å². The smallest absolute Gasteiger partial charge is 0.181 e. The minimum atomic E-state index is 0.0426. The number of ether oxygens (including phenoxy) is 9. The molecule has 0 aliphatic heterocycles. The Morgan fingerprint density at radius 2 is 0.886 bits per heavy atom. The van der Waals surface area contributed by atoms with Crippen LogP contribution in [0.2, 0.25) is 0 Å². The van der Waals surface area contributed by atoms with Crippen LogP contribution in [0.5, 0.6) is 5.75 Å². The van der Waals surface area contributed by atoms with Gasteiger partial charge in [0.15, 0.2) is 5.78 Å². The third kappa shape index (κ3) is 21.1. The number of nitrogens with one attached hydrogen (secondary N) is 1. The van der Waals surface area contributed by atoms with Crippen LogP contribution in [0.15, 0.2) is 54.6 Å². The molecule has 0 saturated carbocycles. The van der Waals surface area contributed by atoms with Crippen LogP contribution in [0.4, 0.5) is 5.69 Å². The van der Waals surface area contributed by atoms with Crippen LogP contribution in [0, 0.1) is 0 Å². The van der Waals surface area contributed by atoms with E-state index in [-0.39, 0.29) is 12.3 Å². The number of carbonyl (C=O) groups excluding carboxylic acids is 1. The number of anilines is 1. The van der Waals surface area contributed by atoms with E-state index in [0.29, 0.717) is 124 Å². The minimum Gasteiger partial charge on any atom is -0.491 e. The average molecular weight is 623 g/mol. The van der Waals surface area contributed by atoms with E-state index in [2.05, 4.69) is 5.32 Å². The van der Waals surface area contributed by atoms with E-state index >= 15 is 0 Å². The van der Waals surface area contributed by atoms with Crippen molar-refractivity contribution in [3.8, 4) is 5.75 Å². The van der Waals surface area contributed by atoms with Crippen molar-refractivity contribution in [2.45, 2.75) is 0 Å². The van der Waals surface area contributed by atoms with Gasteiger partial charge in [-0.05, 0) is 24.3 Å². The van der Waals surface area contributed by atoms with E-state index in [0.717, 1.165) is 11.4 Å². The lowest BCUT2D eigenvalue weighted by molar-refractivity contribution is -0.0234. The Balaban J connectivity index is 1.26. The third-order valence-electron chi connectivity index (χ3n) is 5.77. The maximum atomic E-state index is 12.2. The summed E-state index contributed by atoms with van der Waals surface area (Å²) in [5.41, 5.74) is 6.88. The number of rotatable bonds is 31. The molecule has 44 heavy (non-hydrogen) atoms. The van der Waals surface area contributed by atoms with Crippen LogP contribution in [-0.4, -0.2) is 131 Å². The zero-order chi connectivity index (χ0) is 31.2. The second kappa shape index (κ2) is 27.9.